The third kappa shape index (κ3) is 4.74. The first-order valence-electron chi connectivity index (χ1n) is 5.47. The van der Waals surface area contributed by atoms with Crippen LogP contribution in [0.1, 0.15) is 19.4 Å². The van der Waals surface area contributed by atoms with Gasteiger partial charge in [-0.15, -0.1) is 0 Å². The lowest BCUT2D eigenvalue weighted by Gasteiger charge is -2.27. The number of halogens is 4. The highest BCUT2D eigenvalue weighted by Crippen LogP contribution is 2.25. The summed E-state index contributed by atoms with van der Waals surface area (Å²) < 4.78 is 37.3. The third-order valence-electron chi connectivity index (χ3n) is 2.53. The lowest BCUT2D eigenvalue weighted by atomic mass is 10.1. The topological polar surface area (TPSA) is 23.5 Å². The molecule has 1 rings (SSSR count). The highest BCUT2D eigenvalue weighted by molar-refractivity contribution is 6.30. The molecule has 102 valence electrons. The minimum atomic E-state index is -4.27. The summed E-state index contributed by atoms with van der Waals surface area (Å²) in [4.78, 5) is 1.23. The standard InChI is InChI=1S/C12H15ClF3NO/c1-8(2)17(7-12(14,15)16)6-9-5-10(13)3-4-11(9)18/h3-5,8,18H,6-7H2,1-2H3. The number of nitrogens with zero attached hydrogens (tertiary/aromatic N) is 1. The van der Waals surface area contributed by atoms with Crippen LogP contribution in [0.15, 0.2) is 18.2 Å². The molecule has 2 nitrogen and oxygen atoms in total. The molecule has 18 heavy (non-hydrogen) atoms. The summed E-state index contributed by atoms with van der Waals surface area (Å²) in [7, 11) is 0. The van der Waals surface area contributed by atoms with Crippen molar-refractivity contribution in [3.63, 3.8) is 0 Å². The van der Waals surface area contributed by atoms with Crippen molar-refractivity contribution >= 4 is 11.6 Å². The van der Waals surface area contributed by atoms with Crippen molar-refractivity contribution in [3.05, 3.63) is 28.8 Å². The quantitative estimate of drug-likeness (QED) is 0.907. The van der Waals surface area contributed by atoms with Gasteiger partial charge in [0.15, 0.2) is 0 Å². The minimum absolute atomic E-state index is 0.00354. The van der Waals surface area contributed by atoms with Gasteiger partial charge in [0.1, 0.15) is 5.75 Å². The fourth-order valence-electron chi connectivity index (χ4n) is 1.55. The second-order valence-corrected chi connectivity index (χ2v) is 4.82. The predicted molar refractivity (Wildman–Crippen MR) is 64.7 cm³/mol. The molecule has 0 aliphatic heterocycles. The molecule has 0 amide bonds. The summed E-state index contributed by atoms with van der Waals surface area (Å²) in [5, 5.41) is 9.98. The monoisotopic (exact) mass is 281 g/mol. The van der Waals surface area contributed by atoms with E-state index in [-0.39, 0.29) is 18.3 Å². The number of aromatic hydroxyl groups is 1. The Morgan fingerprint density at radius 3 is 2.44 bits per heavy atom. The average molecular weight is 282 g/mol. The summed E-state index contributed by atoms with van der Waals surface area (Å²) in [6.45, 7) is 2.33. The number of phenols is 1. The molecule has 1 N–H and O–H groups in total. The van der Waals surface area contributed by atoms with Gasteiger partial charge in [-0.25, -0.2) is 0 Å². The molecule has 0 atom stereocenters. The molecule has 0 aliphatic carbocycles. The number of alkyl halides is 3. The van der Waals surface area contributed by atoms with Crippen LogP contribution < -0.4 is 0 Å². The van der Waals surface area contributed by atoms with Gasteiger partial charge in [-0.3, -0.25) is 4.90 Å². The molecule has 0 aromatic heterocycles. The number of rotatable bonds is 4. The van der Waals surface area contributed by atoms with Gasteiger partial charge in [0.2, 0.25) is 0 Å². The minimum Gasteiger partial charge on any atom is -0.508 e. The Bertz CT molecular complexity index is 407. The fourth-order valence-corrected chi connectivity index (χ4v) is 1.75. The van der Waals surface area contributed by atoms with Crippen molar-refractivity contribution in [1.29, 1.82) is 0 Å². The van der Waals surface area contributed by atoms with E-state index in [1.54, 1.807) is 13.8 Å². The molecule has 0 saturated carbocycles. The van der Waals surface area contributed by atoms with Crippen molar-refractivity contribution < 1.29 is 18.3 Å². The lowest BCUT2D eigenvalue weighted by molar-refractivity contribution is -0.150. The molecule has 1 aromatic carbocycles. The second-order valence-electron chi connectivity index (χ2n) is 4.39. The van der Waals surface area contributed by atoms with Gasteiger partial charge in [-0.2, -0.15) is 13.2 Å². The number of benzene rings is 1. The van der Waals surface area contributed by atoms with Gasteiger partial charge in [0, 0.05) is 23.2 Å². The Kier molecular flexibility index (Phi) is 4.87. The van der Waals surface area contributed by atoms with Crippen LogP contribution >= 0.6 is 11.6 Å². The molecule has 0 aliphatic rings. The fraction of sp³-hybridized carbons (Fsp3) is 0.500. The van der Waals surface area contributed by atoms with E-state index in [1.165, 1.54) is 23.1 Å². The van der Waals surface area contributed by atoms with Gasteiger partial charge < -0.3 is 5.11 Å². The first-order chi connectivity index (χ1) is 8.19. The van der Waals surface area contributed by atoms with E-state index in [1.807, 2.05) is 0 Å². The van der Waals surface area contributed by atoms with Gasteiger partial charge in [0.05, 0.1) is 6.54 Å². The summed E-state index contributed by atoms with van der Waals surface area (Å²) in [6, 6.07) is 4.06. The largest absolute Gasteiger partial charge is 0.508 e. The Hall–Kier alpha value is -0.940. The summed E-state index contributed by atoms with van der Waals surface area (Å²) >= 11 is 5.76. The van der Waals surface area contributed by atoms with E-state index >= 15 is 0 Å². The lowest BCUT2D eigenvalue weighted by Crippen LogP contribution is -2.38. The Morgan fingerprint density at radius 1 is 1.33 bits per heavy atom. The number of hydrogen-bond donors (Lipinski definition) is 1. The van der Waals surface area contributed by atoms with Gasteiger partial charge >= 0.3 is 6.18 Å². The molecule has 0 unspecified atom stereocenters. The normalized spacial score (nSPS) is 12.4. The van der Waals surface area contributed by atoms with Gasteiger partial charge in [-0.1, -0.05) is 11.6 Å². The highest BCUT2D eigenvalue weighted by Gasteiger charge is 2.32. The molecule has 0 spiro atoms. The molecule has 0 fully saturated rings. The average Bonchev–Trinajstić information content (AvgIpc) is 2.20. The van der Waals surface area contributed by atoms with Crippen LogP contribution in [0.2, 0.25) is 5.02 Å². The molecule has 0 heterocycles. The van der Waals surface area contributed by atoms with E-state index < -0.39 is 12.7 Å². The number of phenolic OH excluding ortho intramolecular Hbond substituents is 1. The molecular formula is C12H15ClF3NO. The van der Waals surface area contributed by atoms with Crippen LogP contribution in [0.4, 0.5) is 13.2 Å². The third-order valence-corrected chi connectivity index (χ3v) is 2.76. The molecule has 0 bridgehead atoms. The van der Waals surface area contributed by atoms with Crippen LogP contribution in [0.25, 0.3) is 0 Å². The summed E-state index contributed by atoms with van der Waals surface area (Å²) in [6.07, 6.45) is -4.27. The molecule has 0 radical (unpaired) electrons. The van der Waals surface area contributed by atoms with Crippen molar-refractivity contribution in [1.82, 2.24) is 4.90 Å². The maximum atomic E-state index is 12.4. The first-order valence-corrected chi connectivity index (χ1v) is 5.85. The maximum absolute atomic E-state index is 12.4. The maximum Gasteiger partial charge on any atom is 0.401 e. The van der Waals surface area contributed by atoms with Crippen molar-refractivity contribution in [2.45, 2.75) is 32.6 Å². The van der Waals surface area contributed by atoms with Gasteiger partial charge in [-0.05, 0) is 32.0 Å². The Balaban J connectivity index is 2.86. The summed E-state index contributed by atoms with van der Waals surface area (Å²) in [5.41, 5.74) is 0.389. The first kappa shape index (κ1) is 15.1. The predicted octanol–water partition coefficient (Wildman–Crippen LogP) is 3.82. The molecule has 0 saturated heterocycles. The molecular weight excluding hydrogens is 267 g/mol. The van der Waals surface area contributed by atoms with E-state index in [0.29, 0.717) is 10.6 Å². The van der Waals surface area contributed by atoms with E-state index in [4.69, 9.17) is 11.6 Å². The molecule has 6 heteroatoms. The van der Waals surface area contributed by atoms with Crippen LogP contribution in [0.3, 0.4) is 0 Å². The second kappa shape index (κ2) is 5.80. The zero-order valence-electron chi connectivity index (χ0n) is 10.1. The zero-order valence-corrected chi connectivity index (χ0v) is 10.9. The molecule has 1 aromatic rings. The summed E-state index contributed by atoms with van der Waals surface area (Å²) in [5.74, 6) is -0.0489. The Morgan fingerprint density at radius 2 is 1.94 bits per heavy atom. The van der Waals surface area contributed by atoms with E-state index in [0.717, 1.165) is 0 Å². The van der Waals surface area contributed by atoms with Crippen LogP contribution in [-0.4, -0.2) is 28.8 Å². The SMILES string of the molecule is CC(C)N(Cc1cc(Cl)ccc1O)CC(F)(F)F. The van der Waals surface area contributed by atoms with Crippen LogP contribution in [0.5, 0.6) is 5.75 Å². The smallest absolute Gasteiger partial charge is 0.401 e. The number of hydrogen-bond acceptors (Lipinski definition) is 2. The van der Waals surface area contributed by atoms with Crippen molar-refractivity contribution in [2.75, 3.05) is 6.54 Å². The van der Waals surface area contributed by atoms with Crippen molar-refractivity contribution in [3.8, 4) is 5.75 Å². The Labute approximate surface area is 109 Å². The van der Waals surface area contributed by atoms with Crippen LogP contribution in [0, 0.1) is 0 Å². The van der Waals surface area contributed by atoms with Gasteiger partial charge in [0.25, 0.3) is 0 Å². The highest BCUT2D eigenvalue weighted by atomic mass is 35.5. The van der Waals surface area contributed by atoms with Crippen molar-refractivity contribution in [2.24, 2.45) is 0 Å². The van der Waals surface area contributed by atoms with E-state index in [2.05, 4.69) is 0 Å². The van der Waals surface area contributed by atoms with E-state index in [9.17, 15) is 18.3 Å². The van der Waals surface area contributed by atoms with Crippen LogP contribution in [-0.2, 0) is 6.54 Å². The zero-order chi connectivity index (χ0) is 13.9.